The molecule has 1 heterocycles. The molecule has 20 heavy (non-hydrogen) atoms. The number of likely N-dealkylation sites (tertiary alicyclic amines) is 1. The summed E-state index contributed by atoms with van der Waals surface area (Å²) in [7, 11) is 2.13. The molecule has 1 aliphatic carbocycles. The van der Waals surface area contributed by atoms with Crippen molar-refractivity contribution in [3.05, 3.63) is 35.9 Å². The van der Waals surface area contributed by atoms with Gasteiger partial charge in [-0.1, -0.05) is 30.3 Å². The highest BCUT2D eigenvalue weighted by molar-refractivity contribution is 6.11. The third-order valence-electron chi connectivity index (χ3n) is 4.86. The van der Waals surface area contributed by atoms with Gasteiger partial charge in [0, 0.05) is 18.5 Å². The van der Waals surface area contributed by atoms with E-state index in [2.05, 4.69) is 11.9 Å². The van der Waals surface area contributed by atoms with Gasteiger partial charge in [0.2, 0.25) is 0 Å². The number of piperidine rings is 1. The lowest BCUT2D eigenvalue weighted by molar-refractivity contribution is -0.127. The highest BCUT2D eigenvalue weighted by atomic mass is 16.2. The molecule has 3 atom stereocenters. The van der Waals surface area contributed by atoms with E-state index in [0.29, 0.717) is 23.8 Å². The predicted molar refractivity (Wildman–Crippen MR) is 77.6 cm³/mol. The zero-order valence-electron chi connectivity index (χ0n) is 11.9. The molecule has 0 radical (unpaired) electrons. The molecular formula is C17H21NO2. The highest BCUT2D eigenvalue weighted by Gasteiger charge is 2.41. The molecule has 3 nitrogen and oxygen atoms in total. The average molecular weight is 271 g/mol. The van der Waals surface area contributed by atoms with E-state index in [9.17, 15) is 9.59 Å². The molecule has 3 heteroatoms. The molecule has 0 bridgehead atoms. The van der Waals surface area contributed by atoms with E-state index in [1.165, 1.54) is 0 Å². The van der Waals surface area contributed by atoms with Gasteiger partial charge in [0.15, 0.2) is 5.78 Å². The lowest BCUT2D eigenvalue weighted by Crippen LogP contribution is -2.45. The fraction of sp³-hybridized carbons (Fsp3) is 0.529. The molecule has 0 amide bonds. The summed E-state index contributed by atoms with van der Waals surface area (Å²) >= 11 is 0. The Balaban J connectivity index is 1.77. The van der Waals surface area contributed by atoms with E-state index in [4.69, 9.17) is 0 Å². The molecule has 2 fully saturated rings. The zero-order valence-corrected chi connectivity index (χ0v) is 11.9. The Hall–Kier alpha value is -1.48. The Morgan fingerprint density at radius 2 is 1.95 bits per heavy atom. The zero-order chi connectivity index (χ0) is 14.1. The first kappa shape index (κ1) is 13.5. The summed E-state index contributed by atoms with van der Waals surface area (Å²) in [6.45, 7) is 2.10. The summed E-state index contributed by atoms with van der Waals surface area (Å²) in [6, 6.07) is 9.24. The van der Waals surface area contributed by atoms with Crippen LogP contribution in [0.25, 0.3) is 0 Å². The summed E-state index contributed by atoms with van der Waals surface area (Å²) < 4.78 is 0. The predicted octanol–water partition coefficient (Wildman–Crippen LogP) is 2.42. The second-order valence-electron chi connectivity index (χ2n) is 6.26. The number of ketones is 2. The van der Waals surface area contributed by atoms with Crippen LogP contribution >= 0.6 is 0 Å². The number of benzene rings is 1. The van der Waals surface area contributed by atoms with Crippen LogP contribution in [0.1, 0.15) is 29.6 Å². The molecule has 1 aromatic carbocycles. The van der Waals surface area contributed by atoms with Gasteiger partial charge in [-0.3, -0.25) is 9.59 Å². The Morgan fingerprint density at radius 3 is 2.70 bits per heavy atom. The molecule has 1 saturated carbocycles. The average Bonchev–Trinajstić information content (AvgIpc) is 2.47. The van der Waals surface area contributed by atoms with E-state index in [0.717, 1.165) is 25.9 Å². The summed E-state index contributed by atoms with van der Waals surface area (Å²) in [6.07, 6.45) is 2.43. The number of carbonyl (C=O) groups excluding carboxylic acids is 2. The van der Waals surface area contributed by atoms with Crippen molar-refractivity contribution in [1.29, 1.82) is 0 Å². The maximum atomic E-state index is 12.5. The van der Waals surface area contributed by atoms with E-state index >= 15 is 0 Å². The van der Waals surface area contributed by atoms with E-state index in [1.54, 1.807) is 0 Å². The summed E-state index contributed by atoms with van der Waals surface area (Å²) in [5, 5.41) is 0. The van der Waals surface area contributed by atoms with Gasteiger partial charge in [-0.05, 0) is 38.3 Å². The molecule has 3 unspecified atom stereocenters. The van der Waals surface area contributed by atoms with Gasteiger partial charge >= 0.3 is 0 Å². The first-order chi connectivity index (χ1) is 9.65. The number of hydrogen-bond acceptors (Lipinski definition) is 3. The molecule has 1 aromatic rings. The lowest BCUT2D eigenvalue weighted by Gasteiger charge is -2.41. The van der Waals surface area contributed by atoms with Crippen LogP contribution in [0.2, 0.25) is 0 Å². The van der Waals surface area contributed by atoms with Crippen molar-refractivity contribution in [2.75, 3.05) is 20.1 Å². The summed E-state index contributed by atoms with van der Waals surface area (Å²) in [4.78, 5) is 27.2. The number of Topliss-reactive ketones (excluding diaryl/α,β-unsaturated/α-hetero) is 2. The molecule has 106 valence electrons. The molecular weight excluding hydrogens is 250 g/mol. The van der Waals surface area contributed by atoms with Crippen LogP contribution in [-0.4, -0.2) is 36.6 Å². The van der Waals surface area contributed by atoms with Gasteiger partial charge < -0.3 is 4.90 Å². The van der Waals surface area contributed by atoms with Crippen LogP contribution in [0.15, 0.2) is 30.3 Å². The highest BCUT2D eigenvalue weighted by Crippen LogP contribution is 2.38. The molecule has 0 N–H and O–H groups in total. The fourth-order valence-electron chi connectivity index (χ4n) is 3.69. The monoisotopic (exact) mass is 271 g/mol. The third-order valence-corrected chi connectivity index (χ3v) is 4.86. The quantitative estimate of drug-likeness (QED) is 0.612. The molecule has 0 spiro atoms. The summed E-state index contributed by atoms with van der Waals surface area (Å²) in [5.41, 5.74) is 0.675. The fourth-order valence-corrected chi connectivity index (χ4v) is 3.69. The Morgan fingerprint density at radius 1 is 1.20 bits per heavy atom. The maximum absolute atomic E-state index is 12.5. The second-order valence-corrected chi connectivity index (χ2v) is 6.26. The number of fused-ring (bicyclic) bond motifs is 1. The lowest BCUT2D eigenvalue weighted by atomic mass is 9.68. The molecule has 1 aliphatic heterocycles. The smallest absolute Gasteiger partial charge is 0.173 e. The van der Waals surface area contributed by atoms with E-state index < -0.39 is 5.92 Å². The van der Waals surface area contributed by atoms with Crippen molar-refractivity contribution in [1.82, 2.24) is 4.90 Å². The third kappa shape index (κ3) is 2.55. The van der Waals surface area contributed by atoms with E-state index in [1.807, 2.05) is 30.3 Å². The minimum atomic E-state index is -0.412. The first-order valence-corrected chi connectivity index (χ1v) is 7.45. The minimum absolute atomic E-state index is 0.0160. The van der Waals surface area contributed by atoms with Crippen molar-refractivity contribution in [3.8, 4) is 0 Å². The minimum Gasteiger partial charge on any atom is -0.306 e. The van der Waals surface area contributed by atoms with Gasteiger partial charge in [0.25, 0.3) is 0 Å². The van der Waals surface area contributed by atoms with Crippen LogP contribution in [-0.2, 0) is 4.79 Å². The first-order valence-electron chi connectivity index (χ1n) is 7.45. The van der Waals surface area contributed by atoms with Gasteiger partial charge in [-0.2, -0.15) is 0 Å². The van der Waals surface area contributed by atoms with Crippen molar-refractivity contribution >= 4 is 11.6 Å². The largest absolute Gasteiger partial charge is 0.306 e. The number of hydrogen-bond donors (Lipinski definition) is 0. The Kier molecular flexibility index (Phi) is 3.70. The second kappa shape index (κ2) is 5.49. The van der Waals surface area contributed by atoms with Gasteiger partial charge in [-0.15, -0.1) is 0 Å². The molecule has 1 saturated heterocycles. The standard InChI is InChI=1S/C17H21NO2/c1-18-8-7-13-10-16(19)15(9-14(13)11-18)17(20)12-5-3-2-4-6-12/h2-6,13-15H,7-11H2,1H3. The van der Waals surface area contributed by atoms with Crippen molar-refractivity contribution in [2.24, 2.45) is 17.8 Å². The van der Waals surface area contributed by atoms with Crippen LogP contribution in [0.5, 0.6) is 0 Å². The van der Waals surface area contributed by atoms with Gasteiger partial charge in [0.1, 0.15) is 5.78 Å². The van der Waals surface area contributed by atoms with Crippen LogP contribution in [0, 0.1) is 17.8 Å². The Labute approximate surface area is 120 Å². The normalized spacial score (nSPS) is 30.9. The summed E-state index contributed by atoms with van der Waals surface area (Å²) in [5.74, 6) is 0.764. The van der Waals surface area contributed by atoms with Crippen LogP contribution in [0.3, 0.4) is 0 Å². The number of rotatable bonds is 2. The maximum Gasteiger partial charge on any atom is 0.173 e. The van der Waals surface area contributed by atoms with Crippen LogP contribution < -0.4 is 0 Å². The number of nitrogens with zero attached hydrogens (tertiary/aromatic N) is 1. The number of carbonyl (C=O) groups is 2. The molecule has 0 aromatic heterocycles. The van der Waals surface area contributed by atoms with Gasteiger partial charge in [-0.25, -0.2) is 0 Å². The van der Waals surface area contributed by atoms with Crippen molar-refractivity contribution in [3.63, 3.8) is 0 Å². The molecule has 2 aliphatic rings. The topological polar surface area (TPSA) is 37.4 Å². The van der Waals surface area contributed by atoms with E-state index in [-0.39, 0.29) is 11.6 Å². The Bertz CT molecular complexity index is 511. The SMILES string of the molecule is CN1CCC2CC(=O)C(C(=O)c3ccccc3)CC2C1. The van der Waals surface area contributed by atoms with Gasteiger partial charge in [0.05, 0.1) is 5.92 Å². The molecule has 3 rings (SSSR count). The van der Waals surface area contributed by atoms with Crippen molar-refractivity contribution < 1.29 is 9.59 Å². The van der Waals surface area contributed by atoms with Crippen LogP contribution in [0.4, 0.5) is 0 Å². The van der Waals surface area contributed by atoms with Crippen molar-refractivity contribution in [2.45, 2.75) is 19.3 Å².